The zero-order valence-corrected chi connectivity index (χ0v) is 17.6. The summed E-state index contributed by atoms with van der Waals surface area (Å²) >= 11 is 1.41. The monoisotopic (exact) mass is 411 g/mol. The van der Waals surface area contributed by atoms with Crippen LogP contribution in [0.15, 0.2) is 54.6 Å². The minimum Gasteiger partial charge on any atom is -0.351 e. The summed E-state index contributed by atoms with van der Waals surface area (Å²) in [4.78, 5) is 19.9. The van der Waals surface area contributed by atoms with Crippen molar-refractivity contribution in [3.63, 3.8) is 0 Å². The van der Waals surface area contributed by atoms with Gasteiger partial charge in [0.1, 0.15) is 10.7 Å². The van der Waals surface area contributed by atoms with E-state index in [1.54, 1.807) is 12.1 Å². The van der Waals surface area contributed by atoms with Crippen molar-refractivity contribution in [3.05, 3.63) is 87.1 Å². The van der Waals surface area contributed by atoms with Crippen LogP contribution in [0, 0.1) is 12.7 Å². The second-order valence-electron chi connectivity index (χ2n) is 7.16. The molecule has 0 aliphatic rings. The topological polar surface area (TPSA) is 45.2 Å². The van der Waals surface area contributed by atoms with E-state index >= 15 is 0 Å². The van der Waals surface area contributed by atoms with Crippen LogP contribution >= 0.6 is 11.3 Å². The number of halogens is 1. The van der Waals surface area contributed by atoms with E-state index in [1.807, 2.05) is 25.1 Å². The Hall–Kier alpha value is -2.57. The third kappa shape index (κ3) is 6.48. The van der Waals surface area contributed by atoms with E-state index in [9.17, 15) is 9.18 Å². The van der Waals surface area contributed by atoms with Crippen LogP contribution in [0.2, 0.25) is 0 Å². The average molecular weight is 412 g/mol. The van der Waals surface area contributed by atoms with Gasteiger partial charge in [-0.25, -0.2) is 9.37 Å². The molecule has 3 rings (SSSR count). The number of nitrogens with zero attached hydrogens (tertiary/aromatic N) is 2. The lowest BCUT2D eigenvalue weighted by Crippen LogP contribution is -2.28. The van der Waals surface area contributed by atoms with E-state index in [0.29, 0.717) is 17.8 Å². The second-order valence-corrected chi connectivity index (χ2v) is 8.24. The van der Waals surface area contributed by atoms with Gasteiger partial charge in [-0.2, -0.15) is 0 Å². The van der Waals surface area contributed by atoms with Crippen molar-refractivity contribution in [2.24, 2.45) is 0 Å². The number of carbonyl (C=O) groups excluding carboxylic acids is 1. The van der Waals surface area contributed by atoms with Gasteiger partial charge >= 0.3 is 0 Å². The Labute approximate surface area is 175 Å². The number of hydrogen-bond donors (Lipinski definition) is 1. The summed E-state index contributed by atoms with van der Waals surface area (Å²) in [7, 11) is 2.09. The van der Waals surface area contributed by atoms with Gasteiger partial charge in [0.25, 0.3) is 5.91 Å². The smallest absolute Gasteiger partial charge is 0.263 e. The van der Waals surface area contributed by atoms with Gasteiger partial charge in [-0.1, -0.05) is 42.5 Å². The van der Waals surface area contributed by atoms with Crippen LogP contribution in [0.5, 0.6) is 0 Å². The first-order valence-corrected chi connectivity index (χ1v) is 10.5. The summed E-state index contributed by atoms with van der Waals surface area (Å²) in [6.07, 6.45) is 1.48. The van der Waals surface area contributed by atoms with Gasteiger partial charge in [0.15, 0.2) is 0 Å². The highest BCUT2D eigenvalue weighted by molar-refractivity contribution is 7.13. The fourth-order valence-electron chi connectivity index (χ4n) is 3.12. The molecule has 4 nitrogen and oxygen atoms in total. The Morgan fingerprint density at radius 3 is 2.55 bits per heavy atom. The van der Waals surface area contributed by atoms with Crippen molar-refractivity contribution in [2.75, 3.05) is 20.1 Å². The Balaban J connectivity index is 1.44. The molecule has 0 aliphatic carbocycles. The predicted octanol–water partition coefficient (Wildman–Crippen LogP) is 4.43. The summed E-state index contributed by atoms with van der Waals surface area (Å²) in [5.74, 6) is -0.324. The van der Waals surface area contributed by atoms with Crippen LogP contribution in [0.25, 0.3) is 0 Å². The van der Waals surface area contributed by atoms with E-state index in [1.165, 1.54) is 29.0 Å². The normalized spacial score (nSPS) is 11.0. The molecule has 1 heterocycles. The van der Waals surface area contributed by atoms with Crippen LogP contribution in [0.4, 0.5) is 4.39 Å². The quantitative estimate of drug-likeness (QED) is 0.530. The number of benzene rings is 2. The average Bonchev–Trinajstić information content (AvgIpc) is 3.08. The van der Waals surface area contributed by atoms with Crippen molar-refractivity contribution < 1.29 is 9.18 Å². The molecule has 2 aromatic carbocycles. The fraction of sp³-hybridized carbons (Fsp3) is 0.304. The summed E-state index contributed by atoms with van der Waals surface area (Å²) in [5, 5.41) is 3.86. The Bertz CT molecular complexity index is 925. The number of hydrogen-bond acceptors (Lipinski definition) is 4. The molecule has 152 valence electrons. The lowest BCUT2D eigenvalue weighted by Gasteiger charge is -2.16. The molecular formula is C23H26FN3OS. The molecule has 6 heteroatoms. The van der Waals surface area contributed by atoms with E-state index in [2.05, 4.69) is 34.4 Å². The number of carbonyl (C=O) groups is 1. The van der Waals surface area contributed by atoms with Crippen molar-refractivity contribution >= 4 is 17.2 Å². The van der Waals surface area contributed by atoms with Crippen LogP contribution in [0.3, 0.4) is 0 Å². The van der Waals surface area contributed by atoms with Crippen molar-refractivity contribution in [3.8, 4) is 0 Å². The summed E-state index contributed by atoms with van der Waals surface area (Å²) in [5.41, 5.74) is 3.01. The summed E-state index contributed by atoms with van der Waals surface area (Å²) in [6, 6.07) is 16.7. The molecule has 1 amide bonds. The molecule has 1 N–H and O–H groups in total. The highest BCUT2D eigenvalue weighted by atomic mass is 32.1. The lowest BCUT2D eigenvalue weighted by atomic mass is 10.1. The Morgan fingerprint density at radius 1 is 1.10 bits per heavy atom. The molecule has 0 saturated heterocycles. The third-order valence-electron chi connectivity index (χ3n) is 4.61. The molecule has 0 unspecified atom stereocenters. The van der Waals surface area contributed by atoms with E-state index < -0.39 is 0 Å². The van der Waals surface area contributed by atoms with Crippen LogP contribution in [-0.2, 0) is 13.0 Å². The predicted molar refractivity (Wildman–Crippen MR) is 116 cm³/mol. The molecule has 0 bridgehead atoms. The van der Waals surface area contributed by atoms with E-state index in [4.69, 9.17) is 0 Å². The van der Waals surface area contributed by atoms with Gasteiger partial charge in [-0.3, -0.25) is 4.79 Å². The molecule has 0 spiro atoms. The minimum absolute atomic E-state index is 0.0731. The van der Waals surface area contributed by atoms with Gasteiger partial charge in [-0.05, 0) is 50.2 Å². The maximum absolute atomic E-state index is 13.0. The van der Waals surface area contributed by atoms with Crippen molar-refractivity contribution in [1.82, 2.24) is 15.2 Å². The first-order valence-electron chi connectivity index (χ1n) is 9.72. The molecule has 1 aromatic heterocycles. The molecular weight excluding hydrogens is 385 g/mol. The summed E-state index contributed by atoms with van der Waals surface area (Å²) in [6.45, 7) is 4.29. The highest BCUT2D eigenvalue weighted by Gasteiger charge is 2.15. The first-order chi connectivity index (χ1) is 14.0. The van der Waals surface area contributed by atoms with Crippen molar-refractivity contribution in [1.29, 1.82) is 0 Å². The SMILES string of the molecule is Cc1nc(Cc2ccc(F)cc2)sc1C(=O)NCCCN(C)Cc1ccccc1. The number of rotatable bonds is 9. The molecule has 3 aromatic rings. The number of thiazole rings is 1. The number of aryl methyl sites for hydroxylation is 1. The van der Waals surface area contributed by atoms with Gasteiger partial charge in [0, 0.05) is 19.5 Å². The number of aromatic nitrogens is 1. The van der Waals surface area contributed by atoms with Gasteiger partial charge in [0.2, 0.25) is 0 Å². The van der Waals surface area contributed by atoms with E-state index in [-0.39, 0.29) is 11.7 Å². The number of nitrogens with one attached hydrogen (secondary N) is 1. The summed E-state index contributed by atoms with van der Waals surface area (Å²) < 4.78 is 13.0. The van der Waals surface area contributed by atoms with Crippen LogP contribution < -0.4 is 5.32 Å². The lowest BCUT2D eigenvalue weighted by molar-refractivity contribution is 0.0955. The van der Waals surface area contributed by atoms with Gasteiger partial charge in [0.05, 0.1) is 10.7 Å². The maximum Gasteiger partial charge on any atom is 0.263 e. The van der Waals surface area contributed by atoms with E-state index in [0.717, 1.165) is 35.8 Å². The van der Waals surface area contributed by atoms with Crippen molar-refractivity contribution in [2.45, 2.75) is 26.3 Å². The second kappa shape index (κ2) is 10.3. The zero-order chi connectivity index (χ0) is 20.6. The molecule has 0 aliphatic heterocycles. The zero-order valence-electron chi connectivity index (χ0n) is 16.8. The minimum atomic E-state index is -0.251. The first kappa shape index (κ1) is 21.1. The molecule has 0 saturated carbocycles. The molecule has 29 heavy (non-hydrogen) atoms. The van der Waals surface area contributed by atoms with Crippen LogP contribution in [0.1, 0.15) is 37.9 Å². The standard InChI is InChI=1S/C23H26FN3OS/c1-17-22(29-21(26-17)15-18-9-11-20(24)12-10-18)23(28)25-13-6-14-27(2)16-19-7-4-3-5-8-19/h3-5,7-12H,6,13-16H2,1-2H3,(H,25,28). The van der Waals surface area contributed by atoms with Crippen LogP contribution in [-0.4, -0.2) is 35.9 Å². The molecule has 0 radical (unpaired) electrons. The molecule has 0 atom stereocenters. The fourth-order valence-corrected chi connectivity index (χ4v) is 4.14. The Morgan fingerprint density at radius 2 is 1.83 bits per heavy atom. The largest absolute Gasteiger partial charge is 0.351 e. The number of amides is 1. The third-order valence-corrected chi connectivity index (χ3v) is 5.77. The molecule has 0 fully saturated rings. The van der Waals surface area contributed by atoms with Gasteiger partial charge in [-0.15, -0.1) is 11.3 Å². The van der Waals surface area contributed by atoms with Gasteiger partial charge < -0.3 is 10.2 Å². The Kier molecular flexibility index (Phi) is 7.49. The maximum atomic E-state index is 13.0. The highest BCUT2D eigenvalue weighted by Crippen LogP contribution is 2.21.